The molecule has 0 aliphatic carbocycles. The van der Waals surface area contributed by atoms with Gasteiger partial charge in [-0.25, -0.2) is 0 Å². The first kappa shape index (κ1) is 9.23. The highest BCUT2D eigenvalue weighted by molar-refractivity contribution is 7.87. The molecule has 0 aromatic rings. The topological polar surface area (TPSA) is 20.2 Å². The minimum Gasteiger partial charge on any atom is -0.429 e. The summed E-state index contributed by atoms with van der Waals surface area (Å²) in [6.07, 6.45) is 0. The first-order chi connectivity index (χ1) is 3.68. The van der Waals surface area contributed by atoms with Crippen molar-refractivity contribution in [1.29, 1.82) is 0 Å². The minimum absolute atomic E-state index is 0.556. The third-order valence-electron chi connectivity index (χ3n) is 0.883. The molecule has 0 unspecified atom stereocenters. The summed E-state index contributed by atoms with van der Waals surface area (Å²) in [7, 11) is -2.08. The van der Waals surface area contributed by atoms with Gasteiger partial charge in [-0.2, -0.15) is 37.9 Å². The maximum Gasteiger partial charge on any atom is 0.216 e. The lowest BCUT2D eigenvalue weighted by Crippen LogP contribution is -2.43. The Morgan fingerprint density at radius 1 is 1.00 bits per heavy atom. The summed E-state index contributed by atoms with van der Waals surface area (Å²) in [5.41, 5.74) is 0. The van der Waals surface area contributed by atoms with Crippen LogP contribution in [0.2, 0.25) is 0 Å². The second-order valence-electron chi connectivity index (χ2n) is 1.70. The van der Waals surface area contributed by atoms with E-state index < -0.39 is 8.32 Å². The third kappa shape index (κ3) is 2.68. The van der Waals surface area contributed by atoms with Crippen LogP contribution in [-0.2, 0) is 0 Å². The van der Waals surface area contributed by atoms with Crippen LogP contribution in [0, 0.1) is 0 Å². The van der Waals surface area contributed by atoms with Crippen LogP contribution in [0.4, 0.5) is 0 Å². The van der Waals surface area contributed by atoms with Gasteiger partial charge in [0.2, 0.25) is 8.32 Å². The van der Waals surface area contributed by atoms with Crippen molar-refractivity contribution in [3.05, 3.63) is 0 Å². The van der Waals surface area contributed by atoms with E-state index in [0.29, 0.717) is 16.1 Å². The van der Waals surface area contributed by atoms with E-state index in [1.165, 1.54) is 0 Å². The Bertz CT molecular complexity index is 57.3. The van der Waals surface area contributed by atoms with Crippen molar-refractivity contribution < 1.29 is 4.80 Å². The maximum atomic E-state index is 9.35. The molecular formula is C3H10OS3Si. The Morgan fingerprint density at radius 2 is 1.25 bits per heavy atom. The standard InChI is InChI=1S/C3H10OS3Si/c4-8(1-5,2-6)3-7/h4-7H,1-3H2. The number of hydrogen-bond donors (Lipinski definition) is 4. The van der Waals surface area contributed by atoms with Gasteiger partial charge >= 0.3 is 0 Å². The second-order valence-corrected chi connectivity index (χ2v) is 7.94. The molecule has 0 fully saturated rings. The summed E-state index contributed by atoms with van der Waals surface area (Å²) in [6.45, 7) is 0. The van der Waals surface area contributed by atoms with Crippen LogP contribution in [0.15, 0.2) is 0 Å². The first-order valence-electron chi connectivity index (χ1n) is 2.23. The molecule has 50 valence electrons. The molecule has 0 aromatic heterocycles. The van der Waals surface area contributed by atoms with Gasteiger partial charge in [0.15, 0.2) is 0 Å². The zero-order valence-corrected chi connectivity index (χ0v) is 8.09. The first-order valence-corrected chi connectivity index (χ1v) is 6.70. The van der Waals surface area contributed by atoms with Gasteiger partial charge in [0.25, 0.3) is 0 Å². The Hall–Kier alpha value is 1.23. The Morgan fingerprint density at radius 3 is 1.25 bits per heavy atom. The van der Waals surface area contributed by atoms with Gasteiger partial charge in [0.05, 0.1) is 0 Å². The molecule has 0 spiro atoms. The molecule has 0 heterocycles. The van der Waals surface area contributed by atoms with Crippen molar-refractivity contribution in [2.45, 2.75) is 0 Å². The van der Waals surface area contributed by atoms with Gasteiger partial charge in [-0.3, -0.25) is 0 Å². The zero-order chi connectivity index (χ0) is 6.62. The van der Waals surface area contributed by atoms with Crippen molar-refractivity contribution in [3.63, 3.8) is 0 Å². The third-order valence-corrected chi connectivity index (χ3v) is 7.95. The van der Waals surface area contributed by atoms with E-state index in [9.17, 15) is 4.80 Å². The summed E-state index contributed by atoms with van der Waals surface area (Å²) in [4.78, 5) is 9.35. The van der Waals surface area contributed by atoms with E-state index in [1.807, 2.05) is 0 Å². The van der Waals surface area contributed by atoms with E-state index >= 15 is 0 Å². The van der Waals surface area contributed by atoms with E-state index in [0.717, 1.165) is 0 Å². The molecule has 8 heavy (non-hydrogen) atoms. The van der Waals surface area contributed by atoms with E-state index in [4.69, 9.17) is 0 Å². The monoisotopic (exact) mass is 186 g/mol. The number of rotatable bonds is 3. The van der Waals surface area contributed by atoms with Crippen molar-refractivity contribution in [2.75, 3.05) is 16.1 Å². The van der Waals surface area contributed by atoms with Crippen molar-refractivity contribution in [2.24, 2.45) is 0 Å². The van der Waals surface area contributed by atoms with Gasteiger partial charge in [-0.1, -0.05) is 0 Å². The van der Waals surface area contributed by atoms with Crippen LogP contribution in [0.3, 0.4) is 0 Å². The van der Waals surface area contributed by atoms with E-state index in [2.05, 4.69) is 37.9 Å². The minimum atomic E-state index is -2.08. The highest BCUT2D eigenvalue weighted by atomic mass is 32.1. The Labute approximate surface area is 67.2 Å². The van der Waals surface area contributed by atoms with Crippen LogP contribution in [0.25, 0.3) is 0 Å². The molecule has 0 rings (SSSR count). The Kier molecular flexibility index (Phi) is 4.74. The van der Waals surface area contributed by atoms with Crippen LogP contribution in [0.1, 0.15) is 0 Å². The molecule has 0 saturated heterocycles. The van der Waals surface area contributed by atoms with Gasteiger partial charge in [-0.15, -0.1) is 0 Å². The quantitative estimate of drug-likeness (QED) is 0.370. The molecule has 0 bridgehead atoms. The van der Waals surface area contributed by atoms with Crippen molar-refractivity contribution in [3.8, 4) is 0 Å². The Balaban J connectivity index is 3.58. The highest BCUT2D eigenvalue weighted by Crippen LogP contribution is 2.04. The van der Waals surface area contributed by atoms with Crippen LogP contribution in [0.5, 0.6) is 0 Å². The summed E-state index contributed by atoms with van der Waals surface area (Å²) < 4.78 is 0. The fourth-order valence-electron chi connectivity index (χ4n) is 0.150. The molecule has 0 aromatic carbocycles. The predicted molar refractivity (Wildman–Crippen MR) is 49.5 cm³/mol. The van der Waals surface area contributed by atoms with Crippen molar-refractivity contribution in [1.82, 2.24) is 0 Å². The van der Waals surface area contributed by atoms with Gasteiger partial charge in [-0.05, 0) is 0 Å². The molecule has 0 saturated carbocycles. The van der Waals surface area contributed by atoms with E-state index in [-0.39, 0.29) is 0 Å². The fraction of sp³-hybridized carbons (Fsp3) is 1.00. The lowest BCUT2D eigenvalue weighted by molar-refractivity contribution is 0.557. The van der Waals surface area contributed by atoms with Crippen LogP contribution in [-0.4, -0.2) is 29.2 Å². The molecule has 0 aliphatic rings. The summed E-state index contributed by atoms with van der Waals surface area (Å²) >= 11 is 11.9. The molecular weight excluding hydrogens is 176 g/mol. The van der Waals surface area contributed by atoms with Crippen LogP contribution < -0.4 is 0 Å². The molecule has 1 nitrogen and oxygen atoms in total. The number of hydrogen-bond acceptors (Lipinski definition) is 4. The number of thiol groups is 3. The summed E-state index contributed by atoms with van der Waals surface area (Å²) in [5.74, 6) is 0. The van der Waals surface area contributed by atoms with E-state index in [1.54, 1.807) is 0 Å². The second kappa shape index (κ2) is 4.11. The molecule has 0 aliphatic heterocycles. The average Bonchev–Trinajstić information content (AvgIpc) is 1.87. The summed E-state index contributed by atoms with van der Waals surface area (Å²) in [6, 6.07) is 0. The lowest BCUT2D eigenvalue weighted by atomic mass is 11.8. The van der Waals surface area contributed by atoms with Gasteiger partial charge < -0.3 is 4.80 Å². The van der Waals surface area contributed by atoms with Gasteiger partial charge in [0.1, 0.15) is 0 Å². The molecule has 1 N–H and O–H groups in total. The van der Waals surface area contributed by atoms with Crippen LogP contribution >= 0.6 is 37.9 Å². The molecule has 0 amide bonds. The molecule has 0 radical (unpaired) electrons. The SMILES string of the molecule is O[Si](CS)(CS)CS. The molecule has 0 atom stereocenters. The fourth-order valence-corrected chi connectivity index (χ4v) is 4.05. The maximum absolute atomic E-state index is 9.35. The van der Waals surface area contributed by atoms with Crippen molar-refractivity contribution >= 4 is 46.2 Å². The molecule has 5 heteroatoms. The highest BCUT2D eigenvalue weighted by Gasteiger charge is 2.24. The lowest BCUT2D eigenvalue weighted by Gasteiger charge is -2.16. The smallest absolute Gasteiger partial charge is 0.216 e. The largest absolute Gasteiger partial charge is 0.429 e. The van der Waals surface area contributed by atoms with Gasteiger partial charge in [0, 0.05) is 16.1 Å². The normalized spacial score (nSPS) is 12.0. The average molecular weight is 186 g/mol. The summed E-state index contributed by atoms with van der Waals surface area (Å²) in [5, 5.41) is 1.67. The zero-order valence-electron chi connectivity index (χ0n) is 4.41. The predicted octanol–water partition coefficient (Wildman–Crippen LogP) is 0.331.